The standard InChI is InChI=1S/C42H58N8O17S.3CO.Re/c51-33(45-41(13-7-35(53)54,14-8-36(55)56)15-9-37(57)58)27-49-22-19-43-31(49)25-48(21-1-2-24-67-30-5-3-29(4-6-30)47-68(65)66)26-32-44-20-23-50(32)28-34(52)46-42(16-10-38(59)60,17-11-39(61)62)18-12-40(63)64;3*1-2;/h3-6,19-20,22-23,47H,1-2,7-18,21,24-28H2,(H,45,51)(H,46,52)(H,53,54)(H,55,56)(H,57,58)(H,59,60)(H,61,62)(H,63,64)(H,65,66);;;;/p-1. The minimum Gasteiger partial charge on any atom is 0 e. The van der Waals surface area contributed by atoms with Crippen LogP contribution >= 0.6 is 0 Å². The molecule has 0 aliphatic heterocycles. The van der Waals surface area contributed by atoms with Gasteiger partial charge in [-0.25, -0.2) is 9.97 Å². The van der Waals surface area contributed by atoms with Gasteiger partial charge in [-0.05, 0) is 82.2 Å². The Hall–Kier alpha value is -7.05. The second-order valence-corrected chi connectivity index (χ2v) is 16.8. The van der Waals surface area contributed by atoms with Crippen molar-refractivity contribution in [3.63, 3.8) is 0 Å². The summed E-state index contributed by atoms with van der Waals surface area (Å²) < 4.78 is 55.5. The summed E-state index contributed by atoms with van der Waals surface area (Å²) in [6.07, 6.45) is 2.76. The number of nitrogens with one attached hydrogen (secondary N) is 3. The van der Waals surface area contributed by atoms with Gasteiger partial charge < -0.3 is 64.4 Å². The second-order valence-electron chi connectivity index (χ2n) is 16.1. The molecule has 1 aromatic carbocycles. The molecule has 1 radical (unpaired) electrons. The fourth-order valence-electron chi connectivity index (χ4n) is 7.41. The van der Waals surface area contributed by atoms with Crippen LogP contribution in [-0.4, -0.2) is 135 Å². The summed E-state index contributed by atoms with van der Waals surface area (Å²) >= 11 is -2.50. The molecule has 75 heavy (non-hydrogen) atoms. The smallest absolute Gasteiger partial charge is 0 e. The van der Waals surface area contributed by atoms with E-state index in [1.54, 1.807) is 12.1 Å². The third-order valence-electron chi connectivity index (χ3n) is 10.9. The molecular formula is C45H57N8O20ReS-. The number of anilines is 1. The van der Waals surface area contributed by atoms with Gasteiger partial charge in [-0.3, -0.25) is 47.5 Å². The molecule has 1 unspecified atom stereocenters. The fourth-order valence-corrected chi connectivity index (χ4v) is 7.74. The normalized spacial score (nSPS) is 10.9. The number of carboxylic acids is 6. The van der Waals surface area contributed by atoms with Crippen molar-refractivity contribution in [3.8, 4) is 5.75 Å². The monoisotopic (exact) mass is 1250 g/mol. The van der Waals surface area contributed by atoms with Crippen molar-refractivity contribution in [2.24, 2.45) is 0 Å². The molecule has 0 aliphatic carbocycles. The minimum absolute atomic E-state index is 0. The van der Waals surface area contributed by atoms with E-state index < -0.39 is 108 Å². The van der Waals surface area contributed by atoms with Crippen LogP contribution in [-0.2, 0) is 110 Å². The van der Waals surface area contributed by atoms with E-state index in [2.05, 4.69) is 45.3 Å². The molecule has 3 aromatic rings. The van der Waals surface area contributed by atoms with Gasteiger partial charge in [-0.15, -0.1) is 0 Å². The van der Waals surface area contributed by atoms with Crippen LogP contribution in [0.4, 0.5) is 5.69 Å². The summed E-state index contributed by atoms with van der Waals surface area (Å²) in [6.45, 7) is 13.6. The van der Waals surface area contributed by atoms with Crippen LogP contribution in [0.5, 0.6) is 5.75 Å². The molecule has 0 saturated heterocycles. The quantitative estimate of drug-likeness (QED) is 0.0174. The molecule has 1 atom stereocenters. The van der Waals surface area contributed by atoms with E-state index in [0.29, 0.717) is 42.5 Å². The summed E-state index contributed by atoms with van der Waals surface area (Å²) in [6, 6.07) is 6.25. The average Bonchev–Trinajstić information content (AvgIpc) is 3.99. The summed E-state index contributed by atoms with van der Waals surface area (Å²) in [5, 5.41) is 61.9. The maximum absolute atomic E-state index is 13.7. The summed E-state index contributed by atoms with van der Waals surface area (Å²) in [5.41, 5.74) is -2.60. The predicted octanol–water partition coefficient (Wildman–Crippen LogP) is 1.93. The zero-order chi connectivity index (χ0) is 56.3. The molecule has 9 N–H and O–H groups in total. The first-order valence-electron chi connectivity index (χ1n) is 22.0. The number of carboxylic acid groups (broad SMARTS) is 6. The van der Waals surface area contributed by atoms with Gasteiger partial charge >= 0.3 is 69.7 Å². The van der Waals surface area contributed by atoms with Crippen LogP contribution in [0.15, 0.2) is 49.1 Å². The Kier molecular flexibility index (Phi) is 36.0. The van der Waals surface area contributed by atoms with E-state index in [1.165, 1.54) is 46.1 Å². The van der Waals surface area contributed by atoms with Crippen molar-refractivity contribution in [2.45, 2.75) is 127 Å². The average molecular weight is 1250 g/mol. The number of aliphatic carboxylic acids is 6. The van der Waals surface area contributed by atoms with E-state index in [0.717, 1.165) is 0 Å². The molecule has 3 rings (SSSR count). The predicted molar refractivity (Wildman–Crippen MR) is 247 cm³/mol. The molecule has 0 spiro atoms. The third kappa shape index (κ3) is 30.0. The number of carbonyl (C=O) groups excluding carboxylic acids is 2. The summed E-state index contributed by atoms with van der Waals surface area (Å²) in [7, 11) is 0. The molecule has 28 nitrogen and oxygen atoms in total. The molecule has 0 bridgehead atoms. The molecule has 2 amide bonds. The number of amides is 2. The Balaban J connectivity index is 0. The van der Waals surface area contributed by atoms with Crippen LogP contribution < -0.4 is 20.1 Å². The van der Waals surface area contributed by atoms with Crippen LogP contribution in [0.3, 0.4) is 0 Å². The SMILES string of the molecule is O=C(O)CCC(CCC(=O)O)(CCC(=O)O)NC(=O)Cn1ccnc1CN(CCCCOc1ccc(NS(=O)[O-])cc1)Cc1nccn1CC(=O)NC(CCC(=O)O)(CCC(=O)O)CCC(=O)O.[C-]#[O+].[C-]#[O+].[C-]#[O+].[Re]. The van der Waals surface area contributed by atoms with Crippen molar-refractivity contribution in [1.82, 2.24) is 34.6 Å². The number of nitrogens with zero attached hydrogens (tertiary/aromatic N) is 5. The maximum atomic E-state index is 13.7. The first-order valence-corrected chi connectivity index (χ1v) is 23.1. The van der Waals surface area contributed by atoms with Gasteiger partial charge in [0.05, 0.1) is 19.7 Å². The Bertz CT molecular complexity index is 2150. The molecule has 2 heterocycles. The number of imidazole rings is 2. The first kappa shape index (κ1) is 70.0. The number of aromatic nitrogens is 4. The first-order chi connectivity index (χ1) is 35.2. The largest absolute Gasteiger partial charge is 0 e. The van der Waals surface area contributed by atoms with Crippen LogP contribution in [0.25, 0.3) is 0 Å². The molecule has 411 valence electrons. The zero-order valence-corrected chi connectivity index (χ0v) is 43.7. The van der Waals surface area contributed by atoms with Crippen LogP contribution in [0, 0.1) is 20.0 Å². The van der Waals surface area contributed by atoms with Crippen molar-refractivity contribution in [2.75, 3.05) is 17.9 Å². The van der Waals surface area contributed by atoms with Crippen molar-refractivity contribution >= 4 is 64.6 Å². The van der Waals surface area contributed by atoms with Gasteiger partial charge in [-0.2, -0.15) is 0 Å². The number of ether oxygens (including phenoxy) is 1. The van der Waals surface area contributed by atoms with E-state index in [4.69, 9.17) is 18.7 Å². The Morgan fingerprint density at radius 3 is 1.24 bits per heavy atom. The third-order valence-corrected chi connectivity index (χ3v) is 11.3. The number of benzene rings is 1. The van der Waals surface area contributed by atoms with Crippen molar-refractivity contribution in [3.05, 3.63) is 80.7 Å². The Morgan fingerprint density at radius 1 is 0.600 bits per heavy atom. The summed E-state index contributed by atoms with van der Waals surface area (Å²) in [4.78, 5) is 107. The molecular weight excluding hydrogens is 1190 g/mol. The van der Waals surface area contributed by atoms with Crippen molar-refractivity contribution < 1.29 is 117 Å². The van der Waals surface area contributed by atoms with E-state index >= 15 is 0 Å². The van der Waals surface area contributed by atoms with Gasteiger partial charge in [0.2, 0.25) is 11.8 Å². The minimum atomic E-state index is -2.50. The fraction of sp³-hybridized carbons (Fsp3) is 0.489. The number of unbranched alkanes of at least 4 members (excludes halogenated alkanes) is 1. The molecule has 30 heteroatoms. The topological polar surface area (TPSA) is 442 Å². The van der Waals surface area contributed by atoms with Gasteiger partial charge in [0, 0.05) is 112 Å². The van der Waals surface area contributed by atoms with Gasteiger partial charge in [-0.1, -0.05) is 0 Å². The Morgan fingerprint density at radius 2 is 0.933 bits per heavy atom. The van der Waals surface area contributed by atoms with Gasteiger partial charge in [0.1, 0.15) is 30.5 Å². The van der Waals surface area contributed by atoms with Gasteiger partial charge in [0.25, 0.3) is 0 Å². The van der Waals surface area contributed by atoms with E-state index in [1.807, 2.05) is 4.90 Å². The number of hydrogen-bond donors (Lipinski definition) is 9. The zero-order valence-electron chi connectivity index (χ0n) is 40.2. The van der Waals surface area contributed by atoms with E-state index in [9.17, 15) is 77.8 Å². The molecule has 0 aliphatic rings. The van der Waals surface area contributed by atoms with Crippen molar-refractivity contribution in [1.29, 1.82) is 0 Å². The Labute approximate surface area is 445 Å². The van der Waals surface area contributed by atoms with Gasteiger partial charge in [0.15, 0.2) is 0 Å². The van der Waals surface area contributed by atoms with Crippen LogP contribution in [0.2, 0.25) is 0 Å². The molecule has 2 aromatic heterocycles. The summed E-state index contributed by atoms with van der Waals surface area (Å²) in [5.74, 6) is -7.45. The molecule has 0 fully saturated rings. The number of carbonyl (C=O) groups is 8. The second kappa shape index (κ2) is 38.5. The van der Waals surface area contributed by atoms with E-state index in [-0.39, 0.29) is 91.7 Å². The van der Waals surface area contributed by atoms with Crippen LogP contribution in [0.1, 0.15) is 102 Å². The number of hydrogen-bond acceptors (Lipinski definition) is 14. The number of rotatable bonds is 36. The maximum Gasteiger partial charge on any atom is 0 e. The molecule has 0 saturated carbocycles.